The molecule has 1 amide bonds. The molecule has 1 heterocycles. The molecule has 0 spiro atoms. The molecule has 1 aliphatic heterocycles. The van der Waals surface area contributed by atoms with Crippen molar-refractivity contribution in [1.29, 1.82) is 0 Å². The molecule has 14 nitrogen and oxygen atoms in total. The monoisotopic (exact) mass is 671 g/mol. The lowest BCUT2D eigenvalue weighted by atomic mass is 9.87. The van der Waals surface area contributed by atoms with Crippen LogP contribution in [0.25, 0.3) is 0 Å². The van der Waals surface area contributed by atoms with Gasteiger partial charge in [0.2, 0.25) is 12.7 Å². The topological polar surface area (TPSA) is 179 Å². The van der Waals surface area contributed by atoms with Gasteiger partial charge in [0, 0.05) is 17.4 Å². The molecule has 0 aliphatic carbocycles. The molecule has 0 unspecified atom stereocenters. The average Bonchev–Trinajstić information content (AvgIpc) is 2.99. The third-order valence-corrected chi connectivity index (χ3v) is 8.36. The standard InChI is InChI=1S/C31H46NO13P/c1-21(2)23(15-25(34)40-17-22-11-9-8-10-12-22)29(37)41-18-30(3,4)16-26(35)42-20-44-46(38)43-19-31(5,6)27(45-46)28(36)32-14-13-24(33)39-7/h8-12,21,23,27H,13-20H2,1-7H3,(H,32,36)/t23-,27-,46+/m0/s1. The Hall–Kier alpha value is -3.32. The van der Waals surface area contributed by atoms with Crippen LogP contribution < -0.4 is 5.32 Å². The van der Waals surface area contributed by atoms with Crippen molar-refractivity contribution in [3.05, 3.63) is 35.9 Å². The van der Waals surface area contributed by atoms with Crippen LogP contribution >= 0.6 is 7.82 Å². The van der Waals surface area contributed by atoms with Gasteiger partial charge in [-0.05, 0) is 11.5 Å². The second-order valence-electron chi connectivity index (χ2n) is 12.7. The molecule has 1 aromatic carbocycles. The lowest BCUT2D eigenvalue weighted by molar-refractivity contribution is -0.163. The summed E-state index contributed by atoms with van der Waals surface area (Å²) in [5.74, 6) is -3.94. The maximum Gasteiger partial charge on any atom is 0.478 e. The van der Waals surface area contributed by atoms with Crippen LogP contribution in [-0.2, 0) is 67.7 Å². The van der Waals surface area contributed by atoms with E-state index in [2.05, 4.69) is 10.1 Å². The Bertz CT molecular complexity index is 1250. The highest BCUT2D eigenvalue weighted by Gasteiger charge is 2.49. The van der Waals surface area contributed by atoms with Crippen molar-refractivity contribution in [3.8, 4) is 0 Å². The van der Waals surface area contributed by atoms with Crippen LogP contribution in [0.3, 0.4) is 0 Å². The molecule has 0 saturated carbocycles. The zero-order valence-electron chi connectivity index (χ0n) is 27.5. The van der Waals surface area contributed by atoms with Crippen molar-refractivity contribution in [2.45, 2.75) is 73.5 Å². The fourth-order valence-corrected chi connectivity index (χ4v) is 5.68. The Morgan fingerprint density at radius 2 is 1.70 bits per heavy atom. The summed E-state index contributed by atoms with van der Waals surface area (Å²) in [7, 11) is -3.06. The SMILES string of the molecule is COC(=O)CCNC(=O)[C@@H]1O[P@@](=O)(OCOC(=O)CC(C)(C)COC(=O)[C@@H](CC(=O)OCc2ccccc2)C(C)C)OCC1(C)C. The zero-order valence-corrected chi connectivity index (χ0v) is 28.4. The Kier molecular flexibility index (Phi) is 14.8. The highest BCUT2D eigenvalue weighted by Crippen LogP contribution is 2.57. The summed E-state index contributed by atoms with van der Waals surface area (Å²) in [6.07, 6.45) is -1.65. The summed E-state index contributed by atoms with van der Waals surface area (Å²) >= 11 is 0. The second kappa shape index (κ2) is 17.6. The maximum atomic E-state index is 13.0. The molecular formula is C31H46NO13P. The van der Waals surface area contributed by atoms with E-state index in [4.69, 9.17) is 27.8 Å². The smallest absolute Gasteiger partial charge is 0.469 e. The molecule has 1 N–H and O–H groups in total. The number of phosphoric acid groups is 1. The largest absolute Gasteiger partial charge is 0.478 e. The van der Waals surface area contributed by atoms with Crippen molar-refractivity contribution in [2.75, 3.05) is 33.7 Å². The average molecular weight is 672 g/mol. The van der Waals surface area contributed by atoms with Gasteiger partial charge in [-0.15, -0.1) is 0 Å². The summed E-state index contributed by atoms with van der Waals surface area (Å²) < 4.78 is 49.1. The molecule has 258 valence electrons. The van der Waals surface area contributed by atoms with E-state index in [0.717, 1.165) is 5.56 Å². The van der Waals surface area contributed by atoms with Gasteiger partial charge in [0.05, 0.1) is 45.5 Å². The first-order chi connectivity index (χ1) is 21.5. The Balaban J connectivity index is 1.81. The molecule has 15 heteroatoms. The number of ether oxygens (including phenoxy) is 4. The summed E-state index contributed by atoms with van der Waals surface area (Å²) in [6.45, 7) is 9.27. The number of rotatable bonds is 17. The third kappa shape index (κ3) is 13.2. The maximum absolute atomic E-state index is 13.0. The minimum absolute atomic E-state index is 0.0183. The molecule has 0 aromatic heterocycles. The molecule has 0 radical (unpaired) electrons. The minimum atomic E-state index is -4.29. The van der Waals surface area contributed by atoms with E-state index in [1.807, 2.05) is 30.3 Å². The molecule has 3 atom stereocenters. The highest BCUT2D eigenvalue weighted by molar-refractivity contribution is 7.48. The zero-order chi connectivity index (χ0) is 34.5. The molecule has 46 heavy (non-hydrogen) atoms. The van der Waals surface area contributed by atoms with Crippen molar-refractivity contribution in [3.63, 3.8) is 0 Å². The number of carbonyl (C=O) groups is 5. The van der Waals surface area contributed by atoms with Gasteiger partial charge in [-0.2, -0.15) is 0 Å². The second-order valence-corrected chi connectivity index (χ2v) is 14.3. The molecular weight excluding hydrogens is 625 g/mol. The van der Waals surface area contributed by atoms with E-state index in [1.54, 1.807) is 41.5 Å². The summed E-state index contributed by atoms with van der Waals surface area (Å²) in [5.41, 5.74) is -0.919. The molecule has 2 rings (SSSR count). The van der Waals surface area contributed by atoms with E-state index < -0.39 is 67.3 Å². The Morgan fingerprint density at radius 3 is 2.33 bits per heavy atom. The number of carbonyl (C=O) groups excluding carboxylic acids is 5. The van der Waals surface area contributed by atoms with Crippen LogP contribution in [0, 0.1) is 22.7 Å². The first-order valence-electron chi connectivity index (χ1n) is 14.9. The Morgan fingerprint density at radius 1 is 1.02 bits per heavy atom. The Labute approximate surface area is 269 Å². The number of benzene rings is 1. The van der Waals surface area contributed by atoms with Crippen molar-refractivity contribution in [2.24, 2.45) is 22.7 Å². The minimum Gasteiger partial charge on any atom is -0.469 e. The first-order valence-corrected chi connectivity index (χ1v) is 16.4. The number of esters is 4. The van der Waals surface area contributed by atoms with Crippen LogP contribution in [0.2, 0.25) is 0 Å². The van der Waals surface area contributed by atoms with Crippen molar-refractivity contribution < 1.29 is 61.1 Å². The normalized spacial score (nSPS) is 19.9. The van der Waals surface area contributed by atoms with Crippen molar-refractivity contribution >= 4 is 37.6 Å². The molecule has 1 aromatic rings. The summed E-state index contributed by atoms with van der Waals surface area (Å²) in [6, 6.07) is 9.18. The first kappa shape index (κ1) is 38.9. The van der Waals surface area contributed by atoms with Gasteiger partial charge in [0.15, 0.2) is 6.10 Å². The molecule has 1 saturated heterocycles. The van der Waals surface area contributed by atoms with Gasteiger partial charge < -0.3 is 24.3 Å². The number of hydrogen-bond acceptors (Lipinski definition) is 13. The number of hydrogen-bond donors (Lipinski definition) is 1. The highest BCUT2D eigenvalue weighted by atomic mass is 31.2. The van der Waals surface area contributed by atoms with Crippen LogP contribution in [0.4, 0.5) is 0 Å². The number of amides is 1. The van der Waals surface area contributed by atoms with Gasteiger partial charge in [0.1, 0.15) is 6.61 Å². The van der Waals surface area contributed by atoms with Gasteiger partial charge in [-0.3, -0.25) is 33.0 Å². The number of methoxy groups -OCH3 is 1. The summed E-state index contributed by atoms with van der Waals surface area (Å²) in [4.78, 5) is 61.8. The number of phosphoric ester groups is 1. The van der Waals surface area contributed by atoms with Crippen LogP contribution in [0.15, 0.2) is 30.3 Å². The van der Waals surface area contributed by atoms with Crippen LogP contribution in [-0.4, -0.2) is 69.5 Å². The van der Waals surface area contributed by atoms with E-state index >= 15 is 0 Å². The predicted molar refractivity (Wildman–Crippen MR) is 162 cm³/mol. The van der Waals surface area contributed by atoms with Gasteiger partial charge in [-0.25, -0.2) is 9.09 Å². The van der Waals surface area contributed by atoms with E-state index in [9.17, 15) is 28.5 Å². The van der Waals surface area contributed by atoms with Gasteiger partial charge in [-0.1, -0.05) is 71.9 Å². The molecule has 1 fully saturated rings. The van der Waals surface area contributed by atoms with Gasteiger partial charge >= 0.3 is 31.7 Å². The molecule has 1 aliphatic rings. The lowest BCUT2D eigenvalue weighted by Crippen LogP contribution is -2.50. The quantitative estimate of drug-likeness (QED) is 0.108. The molecule has 0 bridgehead atoms. The fourth-order valence-electron chi connectivity index (χ4n) is 4.17. The number of nitrogens with one attached hydrogen (secondary N) is 1. The van der Waals surface area contributed by atoms with Gasteiger partial charge in [0.25, 0.3) is 0 Å². The van der Waals surface area contributed by atoms with E-state index in [1.165, 1.54) is 7.11 Å². The fraction of sp³-hybridized carbons (Fsp3) is 0.645. The van der Waals surface area contributed by atoms with Crippen molar-refractivity contribution in [1.82, 2.24) is 5.32 Å². The van der Waals surface area contributed by atoms with Crippen LogP contribution in [0.1, 0.15) is 66.4 Å². The lowest BCUT2D eigenvalue weighted by Gasteiger charge is -2.39. The van der Waals surface area contributed by atoms with Crippen LogP contribution in [0.5, 0.6) is 0 Å². The third-order valence-electron chi connectivity index (χ3n) is 7.03. The van der Waals surface area contributed by atoms with E-state index in [0.29, 0.717) is 0 Å². The van der Waals surface area contributed by atoms with E-state index in [-0.39, 0.29) is 51.5 Å². The predicted octanol–water partition coefficient (Wildman–Crippen LogP) is 4.10. The summed E-state index contributed by atoms with van der Waals surface area (Å²) in [5, 5.41) is 2.52.